The number of esters is 1. The molecule has 5 heteroatoms. The molecule has 1 aromatic rings. The van der Waals surface area contributed by atoms with E-state index in [0.717, 1.165) is 11.1 Å². The van der Waals surface area contributed by atoms with Crippen molar-refractivity contribution in [3.63, 3.8) is 0 Å². The molecule has 20 heavy (non-hydrogen) atoms. The van der Waals surface area contributed by atoms with Crippen molar-refractivity contribution in [3.05, 3.63) is 47.2 Å². The van der Waals surface area contributed by atoms with E-state index >= 15 is 0 Å². The zero-order valence-corrected chi connectivity index (χ0v) is 11.9. The minimum Gasteiger partial charge on any atom is -0.464 e. The number of carbonyl (C=O) groups is 2. The molecule has 0 radical (unpaired) electrons. The predicted molar refractivity (Wildman–Crippen MR) is 74.8 cm³/mol. The van der Waals surface area contributed by atoms with Crippen LogP contribution < -0.4 is 5.32 Å². The van der Waals surface area contributed by atoms with Crippen molar-refractivity contribution in [1.29, 1.82) is 0 Å². The molecule has 5 nitrogen and oxygen atoms in total. The van der Waals surface area contributed by atoms with Gasteiger partial charge in [0.15, 0.2) is 0 Å². The monoisotopic (exact) mass is 277 g/mol. The standard InChI is InChI=1S/C15H19NO4/c1-4-11(2)13(14(17)19-3)16-15(18)20-10-12-8-6-5-7-9-12/h5-9H,4,10H2,1-3H3,(H,16,18)/b13-11-. The lowest BCUT2D eigenvalue weighted by molar-refractivity contribution is -0.136. The average Bonchev–Trinajstić information content (AvgIpc) is 2.50. The summed E-state index contributed by atoms with van der Waals surface area (Å²) < 4.78 is 9.69. The van der Waals surface area contributed by atoms with Crippen molar-refractivity contribution >= 4 is 12.1 Å². The van der Waals surface area contributed by atoms with E-state index in [1.165, 1.54) is 7.11 Å². The molecule has 0 aliphatic rings. The highest BCUT2D eigenvalue weighted by atomic mass is 16.6. The Morgan fingerprint density at radius 3 is 2.40 bits per heavy atom. The van der Waals surface area contributed by atoms with Gasteiger partial charge in [0.1, 0.15) is 12.3 Å². The Morgan fingerprint density at radius 2 is 1.85 bits per heavy atom. The Balaban J connectivity index is 2.61. The van der Waals surface area contributed by atoms with E-state index in [2.05, 4.69) is 10.1 Å². The van der Waals surface area contributed by atoms with E-state index in [0.29, 0.717) is 6.42 Å². The Bertz CT molecular complexity index is 494. The maximum Gasteiger partial charge on any atom is 0.412 e. The molecule has 0 bridgehead atoms. The number of carbonyl (C=O) groups excluding carboxylic acids is 2. The zero-order valence-electron chi connectivity index (χ0n) is 11.9. The second kappa shape index (κ2) is 7.99. The summed E-state index contributed by atoms with van der Waals surface area (Å²) in [6.45, 7) is 3.78. The van der Waals surface area contributed by atoms with Crippen LogP contribution in [-0.2, 0) is 20.9 Å². The van der Waals surface area contributed by atoms with Gasteiger partial charge in [-0.15, -0.1) is 0 Å². The van der Waals surface area contributed by atoms with E-state index in [4.69, 9.17) is 4.74 Å². The van der Waals surface area contributed by atoms with Gasteiger partial charge in [-0.3, -0.25) is 5.32 Å². The molecule has 0 fully saturated rings. The molecule has 0 aromatic heterocycles. The summed E-state index contributed by atoms with van der Waals surface area (Å²) in [6.07, 6.45) is -0.0503. The normalized spacial score (nSPS) is 11.3. The molecular weight excluding hydrogens is 258 g/mol. The van der Waals surface area contributed by atoms with Crippen molar-refractivity contribution in [2.75, 3.05) is 7.11 Å². The Hall–Kier alpha value is -2.30. The van der Waals surface area contributed by atoms with Crippen molar-refractivity contribution in [2.24, 2.45) is 0 Å². The van der Waals surface area contributed by atoms with Crippen molar-refractivity contribution in [3.8, 4) is 0 Å². The van der Waals surface area contributed by atoms with Gasteiger partial charge in [-0.1, -0.05) is 37.3 Å². The first kappa shape index (κ1) is 15.8. The van der Waals surface area contributed by atoms with Crippen molar-refractivity contribution in [2.45, 2.75) is 26.9 Å². The lowest BCUT2D eigenvalue weighted by Gasteiger charge is -2.11. The number of benzene rings is 1. The van der Waals surface area contributed by atoms with E-state index in [-0.39, 0.29) is 12.3 Å². The fourth-order valence-electron chi connectivity index (χ4n) is 1.47. The van der Waals surface area contributed by atoms with Crippen LogP contribution in [0.15, 0.2) is 41.6 Å². The van der Waals surface area contributed by atoms with Gasteiger partial charge in [0.25, 0.3) is 0 Å². The fraction of sp³-hybridized carbons (Fsp3) is 0.333. The summed E-state index contributed by atoms with van der Waals surface area (Å²) in [5.41, 5.74) is 1.74. The van der Waals surface area contributed by atoms with Gasteiger partial charge < -0.3 is 9.47 Å². The predicted octanol–water partition coefficient (Wildman–Crippen LogP) is 2.77. The van der Waals surface area contributed by atoms with Crippen LogP contribution >= 0.6 is 0 Å². The van der Waals surface area contributed by atoms with Crippen LogP contribution in [0.4, 0.5) is 4.79 Å². The third-order valence-electron chi connectivity index (χ3n) is 2.79. The van der Waals surface area contributed by atoms with Gasteiger partial charge in [0, 0.05) is 0 Å². The highest BCUT2D eigenvalue weighted by Crippen LogP contribution is 2.08. The van der Waals surface area contributed by atoms with Crippen molar-refractivity contribution < 1.29 is 19.1 Å². The molecule has 1 amide bonds. The van der Waals surface area contributed by atoms with Gasteiger partial charge >= 0.3 is 12.1 Å². The first-order valence-electron chi connectivity index (χ1n) is 6.34. The molecule has 0 aliphatic heterocycles. The zero-order chi connectivity index (χ0) is 15.0. The number of hydrogen-bond acceptors (Lipinski definition) is 4. The number of alkyl carbamates (subject to hydrolysis) is 1. The number of nitrogens with one attached hydrogen (secondary N) is 1. The minimum absolute atomic E-state index is 0.132. The largest absolute Gasteiger partial charge is 0.464 e. The van der Waals surface area contributed by atoms with E-state index in [1.807, 2.05) is 37.3 Å². The maximum atomic E-state index is 11.7. The molecule has 108 valence electrons. The smallest absolute Gasteiger partial charge is 0.412 e. The van der Waals surface area contributed by atoms with Crippen LogP contribution in [-0.4, -0.2) is 19.2 Å². The fourth-order valence-corrected chi connectivity index (χ4v) is 1.47. The number of methoxy groups -OCH3 is 1. The van der Waals surface area contributed by atoms with Crippen LogP contribution in [0.2, 0.25) is 0 Å². The molecule has 1 N–H and O–H groups in total. The number of ether oxygens (including phenoxy) is 2. The molecule has 0 saturated heterocycles. The molecule has 0 aliphatic carbocycles. The Kier molecular flexibility index (Phi) is 6.29. The van der Waals surface area contributed by atoms with E-state index in [1.54, 1.807) is 6.92 Å². The summed E-state index contributed by atoms with van der Waals surface area (Å²) in [4.78, 5) is 23.3. The van der Waals surface area contributed by atoms with Gasteiger partial charge in [0.05, 0.1) is 7.11 Å². The SMILES string of the molecule is CC/C(C)=C(\NC(=O)OCc1ccccc1)C(=O)OC. The highest BCUT2D eigenvalue weighted by Gasteiger charge is 2.16. The first-order chi connectivity index (χ1) is 9.58. The van der Waals surface area contributed by atoms with Gasteiger partial charge in [-0.05, 0) is 24.5 Å². The van der Waals surface area contributed by atoms with E-state index < -0.39 is 12.1 Å². The molecule has 1 rings (SSSR count). The molecule has 0 heterocycles. The second-order valence-corrected chi connectivity index (χ2v) is 4.19. The quantitative estimate of drug-likeness (QED) is 0.664. The number of amides is 1. The second-order valence-electron chi connectivity index (χ2n) is 4.19. The Morgan fingerprint density at radius 1 is 1.20 bits per heavy atom. The van der Waals surface area contributed by atoms with Crippen LogP contribution in [0.5, 0.6) is 0 Å². The molecule has 0 spiro atoms. The molecular formula is C15H19NO4. The summed E-state index contributed by atoms with van der Waals surface area (Å²) in [5.74, 6) is -0.582. The van der Waals surface area contributed by atoms with Crippen LogP contribution in [0.1, 0.15) is 25.8 Å². The molecule has 0 saturated carbocycles. The topological polar surface area (TPSA) is 64.6 Å². The minimum atomic E-state index is -0.679. The summed E-state index contributed by atoms with van der Waals surface area (Å²) in [6, 6.07) is 9.30. The molecule has 1 aromatic carbocycles. The summed E-state index contributed by atoms with van der Waals surface area (Å²) in [7, 11) is 1.27. The first-order valence-corrected chi connectivity index (χ1v) is 6.34. The summed E-state index contributed by atoms with van der Waals surface area (Å²) in [5, 5.41) is 2.43. The van der Waals surface area contributed by atoms with Crippen molar-refractivity contribution in [1.82, 2.24) is 5.32 Å². The van der Waals surface area contributed by atoms with Gasteiger partial charge in [-0.25, -0.2) is 9.59 Å². The number of rotatable bonds is 5. The van der Waals surface area contributed by atoms with Gasteiger partial charge in [0.2, 0.25) is 0 Å². The van der Waals surface area contributed by atoms with E-state index in [9.17, 15) is 9.59 Å². The van der Waals surface area contributed by atoms with Gasteiger partial charge in [-0.2, -0.15) is 0 Å². The number of allylic oxidation sites excluding steroid dienone is 1. The summed E-state index contributed by atoms with van der Waals surface area (Å²) >= 11 is 0. The molecule has 0 atom stereocenters. The lowest BCUT2D eigenvalue weighted by atomic mass is 10.2. The highest BCUT2D eigenvalue weighted by molar-refractivity contribution is 5.92. The number of hydrogen-bond donors (Lipinski definition) is 1. The molecule has 0 unspecified atom stereocenters. The lowest BCUT2D eigenvalue weighted by Crippen LogP contribution is -2.29. The van der Waals surface area contributed by atoms with Crippen LogP contribution in [0.25, 0.3) is 0 Å². The average molecular weight is 277 g/mol. The Labute approximate surface area is 118 Å². The van der Waals surface area contributed by atoms with Crippen LogP contribution in [0, 0.1) is 0 Å². The maximum absolute atomic E-state index is 11.7. The third-order valence-corrected chi connectivity index (χ3v) is 2.79. The van der Waals surface area contributed by atoms with Crippen LogP contribution in [0.3, 0.4) is 0 Å². The third kappa shape index (κ3) is 4.76.